The van der Waals surface area contributed by atoms with Gasteiger partial charge in [-0.15, -0.1) is 0 Å². The van der Waals surface area contributed by atoms with Crippen molar-refractivity contribution in [2.24, 2.45) is 5.92 Å². The van der Waals surface area contributed by atoms with Crippen molar-refractivity contribution >= 4 is 0 Å². The summed E-state index contributed by atoms with van der Waals surface area (Å²) in [5.41, 5.74) is 0. The second-order valence-corrected chi connectivity index (χ2v) is 5.56. The molecule has 2 nitrogen and oxygen atoms in total. The lowest BCUT2D eigenvalue weighted by atomic mass is 9.96. The van der Waals surface area contributed by atoms with Crippen LogP contribution >= 0.6 is 0 Å². The average molecular weight is 228 g/mol. The molecule has 0 saturated heterocycles. The fraction of sp³-hybridized carbons (Fsp3) is 1.00. The van der Waals surface area contributed by atoms with Crippen molar-refractivity contribution in [1.29, 1.82) is 0 Å². The van der Waals surface area contributed by atoms with E-state index in [9.17, 15) is 10.2 Å². The molecule has 1 aliphatic rings. The number of hydrogen-bond donors (Lipinski definition) is 2. The van der Waals surface area contributed by atoms with Gasteiger partial charge in [0, 0.05) is 0 Å². The maximum absolute atomic E-state index is 9.75. The van der Waals surface area contributed by atoms with Crippen molar-refractivity contribution < 1.29 is 10.2 Å². The number of aliphatic hydroxyl groups excluding tert-OH is 2. The molecule has 16 heavy (non-hydrogen) atoms. The molecule has 0 heterocycles. The summed E-state index contributed by atoms with van der Waals surface area (Å²) in [5.74, 6) is 0.750. The van der Waals surface area contributed by atoms with Gasteiger partial charge in [0.2, 0.25) is 0 Å². The van der Waals surface area contributed by atoms with Crippen molar-refractivity contribution in [2.75, 3.05) is 0 Å². The Hall–Kier alpha value is -0.0800. The highest BCUT2D eigenvalue weighted by molar-refractivity contribution is 4.64. The van der Waals surface area contributed by atoms with E-state index < -0.39 is 0 Å². The lowest BCUT2D eigenvalue weighted by Crippen LogP contribution is -2.08. The van der Waals surface area contributed by atoms with Gasteiger partial charge in [-0.05, 0) is 31.6 Å². The van der Waals surface area contributed by atoms with Gasteiger partial charge in [0.1, 0.15) is 0 Å². The molecule has 1 fully saturated rings. The van der Waals surface area contributed by atoms with E-state index in [1.807, 2.05) is 0 Å². The van der Waals surface area contributed by atoms with Gasteiger partial charge in [-0.1, -0.05) is 45.4 Å². The minimum absolute atomic E-state index is 0.106. The Labute approximate surface area is 100 Å². The molecule has 2 atom stereocenters. The van der Waals surface area contributed by atoms with E-state index in [0.29, 0.717) is 0 Å². The monoisotopic (exact) mass is 228 g/mol. The molecule has 0 amide bonds. The van der Waals surface area contributed by atoms with Crippen LogP contribution in [0.2, 0.25) is 0 Å². The standard InChI is InChI=1S/C14H28O2/c1-12-6-4-10-13(15)8-2-3-9-14(16)11-5-7-12/h12-16H,2-11H2,1H3. The Morgan fingerprint density at radius 2 is 1.00 bits per heavy atom. The average Bonchev–Trinajstić information content (AvgIpc) is 2.24. The molecule has 1 saturated carbocycles. The van der Waals surface area contributed by atoms with E-state index in [4.69, 9.17) is 0 Å². The molecule has 0 aromatic carbocycles. The molecule has 2 unspecified atom stereocenters. The molecule has 2 heteroatoms. The fourth-order valence-electron chi connectivity index (χ4n) is 2.60. The van der Waals surface area contributed by atoms with Crippen LogP contribution in [0.4, 0.5) is 0 Å². The third kappa shape index (κ3) is 6.49. The smallest absolute Gasteiger partial charge is 0.0540 e. The summed E-state index contributed by atoms with van der Waals surface area (Å²) in [6, 6.07) is 0. The van der Waals surface area contributed by atoms with Crippen LogP contribution in [0.3, 0.4) is 0 Å². The zero-order valence-electron chi connectivity index (χ0n) is 10.7. The SMILES string of the molecule is CC1CCCC(O)CCCCC(O)CCC1. The van der Waals surface area contributed by atoms with E-state index in [-0.39, 0.29) is 12.2 Å². The highest BCUT2D eigenvalue weighted by Gasteiger charge is 2.10. The normalized spacial score (nSPS) is 35.8. The summed E-state index contributed by atoms with van der Waals surface area (Å²) in [5, 5.41) is 19.5. The molecule has 0 aromatic heterocycles. The van der Waals surface area contributed by atoms with Crippen molar-refractivity contribution in [3.05, 3.63) is 0 Å². The summed E-state index contributed by atoms with van der Waals surface area (Å²) in [4.78, 5) is 0. The Morgan fingerprint density at radius 3 is 1.44 bits per heavy atom. The van der Waals surface area contributed by atoms with Gasteiger partial charge < -0.3 is 10.2 Å². The van der Waals surface area contributed by atoms with E-state index in [2.05, 4.69) is 6.92 Å². The first-order valence-electron chi connectivity index (χ1n) is 7.04. The Kier molecular flexibility index (Phi) is 7.06. The molecule has 0 aliphatic heterocycles. The topological polar surface area (TPSA) is 40.5 Å². The molecule has 1 rings (SSSR count). The molecule has 0 bridgehead atoms. The first-order valence-corrected chi connectivity index (χ1v) is 7.04. The predicted octanol–water partition coefficient (Wildman–Crippen LogP) is 3.26. The van der Waals surface area contributed by atoms with Crippen LogP contribution in [0.5, 0.6) is 0 Å². The van der Waals surface area contributed by atoms with Gasteiger partial charge in [0.25, 0.3) is 0 Å². The zero-order valence-corrected chi connectivity index (χ0v) is 10.7. The van der Waals surface area contributed by atoms with E-state index >= 15 is 0 Å². The molecular weight excluding hydrogens is 200 g/mol. The van der Waals surface area contributed by atoms with Gasteiger partial charge in [0.05, 0.1) is 12.2 Å². The van der Waals surface area contributed by atoms with Crippen LogP contribution < -0.4 is 0 Å². The van der Waals surface area contributed by atoms with E-state index in [1.54, 1.807) is 0 Å². The molecule has 0 aromatic rings. The van der Waals surface area contributed by atoms with Crippen molar-refractivity contribution in [3.8, 4) is 0 Å². The molecule has 0 radical (unpaired) electrons. The molecular formula is C14H28O2. The zero-order chi connectivity index (χ0) is 11.8. The second-order valence-electron chi connectivity index (χ2n) is 5.56. The van der Waals surface area contributed by atoms with Crippen molar-refractivity contribution in [2.45, 2.75) is 83.3 Å². The summed E-state index contributed by atoms with van der Waals surface area (Å²) in [6.07, 6.45) is 10.5. The van der Waals surface area contributed by atoms with Crippen molar-refractivity contribution in [3.63, 3.8) is 0 Å². The summed E-state index contributed by atoms with van der Waals surface area (Å²) >= 11 is 0. The third-order valence-corrected chi connectivity index (χ3v) is 3.79. The summed E-state index contributed by atoms with van der Waals surface area (Å²) in [6.45, 7) is 2.29. The Morgan fingerprint density at radius 1 is 0.625 bits per heavy atom. The summed E-state index contributed by atoms with van der Waals surface area (Å²) < 4.78 is 0. The van der Waals surface area contributed by atoms with Crippen LogP contribution in [0.15, 0.2) is 0 Å². The lowest BCUT2D eigenvalue weighted by molar-refractivity contribution is 0.134. The van der Waals surface area contributed by atoms with Crippen LogP contribution in [0, 0.1) is 5.92 Å². The van der Waals surface area contributed by atoms with Crippen LogP contribution in [0.25, 0.3) is 0 Å². The largest absolute Gasteiger partial charge is 0.393 e. The van der Waals surface area contributed by atoms with Crippen LogP contribution in [-0.4, -0.2) is 22.4 Å². The molecule has 96 valence electrons. The minimum atomic E-state index is -0.106. The van der Waals surface area contributed by atoms with E-state index in [1.165, 1.54) is 12.8 Å². The molecule has 0 spiro atoms. The highest BCUT2D eigenvalue weighted by Crippen LogP contribution is 2.20. The molecule has 1 aliphatic carbocycles. The minimum Gasteiger partial charge on any atom is -0.393 e. The maximum Gasteiger partial charge on any atom is 0.0540 e. The van der Waals surface area contributed by atoms with Crippen LogP contribution in [0.1, 0.15) is 71.1 Å². The maximum atomic E-state index is 9.75. The van der Waals surface area contributed by atoms with Crippen LogP contribution in [-0.2, 0) is 0 Å². The molecule has 2 N–H and O–H groups in total. The first kappa shape index (κ1) is 14.0. The highest BCUT2D eigenvalue weighted by atomic mass is 16.3. The van der Waals surface area contributed by atoms with Gasteiger partial charge in [-0.2, -0.15) is 0 Å². The van der Waals surface area contributed by atoms with Gasteiger partial charge >= 0.3 is 0 Å². The van der Waals surface area contributed by atoms with Crippen molar-refractivity contribution in [1.82, 2.24) is 0 Å². The van der Waals surface area contributed by atoms with Gasteiger partial charge in [0.15, 0.2) is 0 Å². The fourth-order valence-corrected chi connectivity index (χ4v) is 2.60. The van der Waals surface area contributed by atoms with Gasteiger partial charge in [-0.3, -0.25) is 0 Å². The second kappa shape index (κ2) is 8.08. The first-order chi connectivity index (χ1) is 7.68. The van der Waals surface area contributed by atoms with E-state index in [0.717, 1.165) is 57.3 Å². The third-order valence-electron chi connectivity index (χ3n) is 3.79. The number of rotatable bonds is 0. The Bertz CT molecular complexity index is 152. The number of aliphatic hydroxyl groups is 2. The Balaban J connectivity index is 2.30. The lowest BCUT2D eigenvalue weighted by Gasteiger charge is -2.13. The predicted molar refractivity (Wildman–Crippen MR) is 67.3 cm³/mol. The summed E-state index contributed by atoms with van der Waals surface area (Å²) in [7, 11) is 0. The quantitative estimate of drug-likeness (QED) is 0.668. The number of hydrogen-bond acceptors (Lipinski definition) is 2. The van der Waals surface area contributed by atoms with Gasteiger partial charge in [-0.25, -0.2) is 0 Å².